The third-order valence-corrected chi connectivity index (χ3v) is 5.86. The molecule has 1 N–H and O–H groups in total. The molecule has 1 aliphatic heterocycles. The Hall–Kier alpha value is -4.18. The molecular formula is C27H30N4O6. The van der Waals surface area contributed by atoms with Crippen LogP contribution in [0.25, 0.3) is 11.3 Å². The Bertz CT molecular complexity index is 1190. The molecule has 0 aliphatic carbocycles. The second kappa shape index (κ2) is 12.7. The van der Waals surface area contributed by atoms with Crippen molar-refractivity contribution < 1.29 is 28.6 Å². The number of amides is 2. The molecule has 10 heteroatoms. The zero-order chi connectivity index (χ0) is 26.0. The molecule has 3 aromatic rings. The number of benzene rings is 2. The van der Waals surface area contributed by atoms with Crippen LogP contribution in [0.3, 0.4) is 0 Å². The molecule has 2 amide bonds. The van der Waals surface area contributed by atoms with Gasteiger partial charge in [0.25, 0.3) is 0 Å². The molecule has 1 saturated heterocycles. The summed E-state index contributed by atoms with van der Waals surface area (Å²) < 4.78 is 17.6. The molecule has 2 aromatic carbocycles. The number of imidazole rings is 1. The Morgan fingerprint density at radius 3 is 2.35 bits per heavy atom. The number of hydrogen-bond donors (Lipinski definition) is 1. The molecule has 1 fully saturated rings. The van der Waals surface area contributed by atoms with E-state index in [0.29, 0.717) is 32.0 Å². The lowest BCUT2D eigenvalue weighted by Gasteiger charge is -2.31. The van der Waals surface area contributed by atoms with Crippen LogP contribution in [0.5, 0.6) is 0 Å². The molecule has 0 radical (unpaired) electrons. The van der Waals surface area contributed by atoms with E-state index in [9.17, 15) is 14.4 Å². The van der Waals surface area contributed by atoms with Gasteiger partial charge in [0, 0.05) is 18.7 Å². The number of rotatable bonds is 9. The van der Waals surface area contributed by atoms with E-state index in [4.69, 9.17) is 14.2 Å². The molecule has 37 heavy (non-hydrogen) atoms. The van der Waals surface area contributed by atoms with Gasteiger partial charge in [-0.25, -0.2) is 14.6 Å². The number of nitrogens with one attached hydrogen (secondary N) is 1. The number of aromatic nitrogens is 2. The van der Waals surface area contributed by atoms with Gasteiger partial charge in [-0.15, -0.1) is 0 Å². The number of esters is 1. The predicted molar refractivity (Wildman–Crippen MR) is 135 cm³/mol. The maximum absolute atomic E-state index is 13.5. The summed E-state index contributed by atoms with van der Waals surface area (Å²) in [6, 6.07) is 17.6. The number of carbonyl (C=O) groups excluding carboxylic acids is 3. The van der Waals surface area contributed by atoms with Gasteiger partial charge >= 0.3 is 12.1 Å². The number of alkyl carbamates (subject to hydrolysis) is 1. The lowest BCUT2D eigenvalue weighted by Crippen LogP contribution is -2.53. The van der Waals surface area contributed by atoms with Gasteiger partial charge in [0.05, 0.1) is 38.4 Å². The van der Waals surface area contributed by atoms with Crippen LogP contribution in [0.4, 0.5) is 4.79 Å². The van der Waals surface area contributed by atoms with Crippen LogP contribution in [-0.4, -0.2) is 71.4 Å². The van der Waals surface area contributed by atoms with Crippen LogP contribution in [-0.2, 0) is 32.2 Å². The minimum Gasteiger partial charge on any atom is -0.461 e. The normalized spacial score (nSPS) is 14.0. The summed E-state index contributed by atoms with van der Waals surface area (Å²) in [5, 5.41) is 2.72. The van der Waals surface area contributed by atoms with Gasteiger partial charge in [0.15, 0.2) is 5.69 Å². The van der Waals surface area contributed by atoms with E-state index in [2.05, 4.69) is 10.3 Å². The molecule has 10 nitrogen and oxygen atoms in total. The Morgan fingerprint density at radius 2 is 1.68 bits per heavy atom. The van der Waals surface area contributed by atoms with Gasteiger partial charge < -0.3 is 29.0 Å². The van der Waals surface area contributed by atoms with Gasteiger partial charge in [-0.3, -0.25) is 4.79 Å². The molecule has 0 saturated carbocycles. The summed E-state index contributed by atoms with van der Waals surface area (Å²) >= 11 is 0. The Morgan fingerprint density at radius 1 is 1.00 bits per heavy atom. The van der Waals surface area contributed by atoms with Crippen molar-refractivity contribution in [2.24, 2.45) is 0 Å². The average Bonchev–Trinajstić information content (AvgIpc) is 3.36. The second-order valence-corrected chi connectivity index (χ2v) is 8.38. The third kappa shape index (κ3) is 6.73. The Balaban J connectivity index is 1.59. The van der Waals surface area contributed by atoms with E-state index in [1.54, 1.807) is 16.4 Å². The zero-order valence-corrected chi connectivity index (χ0v) is 20.7. The highest BCUT2D eigenvalue weighted by Crippen LogP contribution is 2.24. The highest BCUT2D eigenvalue weighted by molar-refractivity contribution is 5.94. The smallest absolute Gasteiger partial charge is 0.408 e. The fourth-order valence-corrected chi connectivity index (χ4v) is 4.06. The first kappa shape index (κ1) is 25.9. The first-order valence-corrected chi connectivity index (χ1v) is 12.2. The van der Waals surface area contributed by atoms with Gasteiger partial charge in [-0.05, 0) is 12.5 Å². The van der Waals surface area contributed by atoms with Crippen molar-refractivity contribution in [2.75, 3.05) is 32.9 Å². The lowest BCUT2D eigenvalue weighted by molar-refractivity contribution is -0.137. The van der Waals surface area contributed by atoms with Crippen LogP contribution in [0.2, 0.25) is 0 Å². The number of hydrogen-bond acceptors (Lipinski definition) is 7. The summed E-state index contributed by atoms with van der Waals surface area (Å²) in [4.78, 5) is 44.8. The maximum Gasteiger partial charge on any atom is 0.408 e. The SMILES string of the molecule is CCOC(=O)c1ncn(C[C@@H](NC(=O)OCc2ccccc2)C(=O)N2CCOCC2)c1-c1ccccc1. The maximum atomic E-state index is 13.5. The van der Waals surface area contributed by atoms with Gasteiger partial charge in [-0.1, -0.05) is 60.7 Å². The van der Waals surface area contributed by atoms with Crippen molar-refractivity contribution in [1.82, 2.24) is 19.8 Å². The van der Waals surface area contributed by atoms with E-state index in [1.165, 1.54) is 6.33 Å². The quantitative estimate of drug-likeness (QED) is 0.444. The Kier molecular flexibility index (Phi) is 8.88. The summed E-state index contributed by atoms with van der Waals surface area (Å²) in [6.45, 7) is 3.70. The van der Waals surface area contributed by atoms with Crippen LogP contribution < -0.4 is 5.32 Å². The number of carbonyl (C=O) groups is 3. The van der Waals surface area contributed by atoms with Crippen molar-refractivity contribution in [2.45, 2.75) is 26.1 Å². The summed E-state index contributed by atoms with van der Waals surface area (Å²) in [7, 11) is 0. The summed E-state index contributed by atoms with van der Waals surface area (Å²) in [6.07, 6.45) is 0.757. The number of ether oxygens (including phenoxy) is 3. The van der Waals surface area contributed by atoms with Crippen LogP contribution >= 0.6 is 0 Å². The molecule has 2 heterocycles. The first-order valence-electron chi connectivity index (χ1n) is 12.2. The van der Waals surface area contributed by atoms with E-state index >= 15 is 0 Å². The minimum absolute atomic E-state index is 0.0350. The summed E-state index contributed by atoms with van der Waals surface area (Å²) in [5.74, 6) is -0.836. The van der Waals surface area contributed by atoms with Crippen molar-refractivity contribution in [3.63, 3.8) is 0 Å². The highest BCUT2D eigenvalue weighted by atomic mass is 16.5. The van der Waals surface area contributed by atoms with Gasteiger partial charge in [0.2, 0.25) is 5.91 Å². The largest absolute Gasteiger partial charge is 0.461 e. The number of nitrogens with zero attached hydrogens (tertiary/aromatic N) is 3. The topological polar surface area (TPSA) is 112 Å². The van der Waals surface area contributed by atoms with Crippen LogP contribution in [0.1, 0.15) is 23.0 Å². The Labute approximate surface area is 215 Å². The van der Waals surface area contributed by atoms with Crippen LogP contribution in [0, 0.1) is 0 Å². The minimum atomic E-state index is -0.965. The number of morpholine rings is 1. The highest BCUT2D eigenvalue weighted by Gasteiger charge is 2.30. The van der Waals surface area contributed by atoms with E-state index in [0.717, 1.165) is 11.1 Å². The molecule has 0 unspecified atom stereocenters. The molecule has 1 aliphatic rings. The molecule has 194 valence electrons. The molecule has 4 rings (SSSR count). The van der Waals surface area contributed by atoms with Gasteiger partial charge in [-0.2, -0.15) is 0 Å². The second-order valence-electron chi connectivity index (χ2n) is 8.38. The van der Waals surface area contributed by atoms with E-state index in [-0.39, 0.29) is 31.4 Å². The fraction of sp³-hybridized carbons (Fsp3) is 0.333. The first-order chi connectivity index (χ1) is 18.1. The lowest BCUT2D eigenvalue weighted by atomic mass is 10.1. The molecular weight excluding hydrogens is 476 g/mol. The predicted octanol–water partition coefficient (Wildman–Crippen LogP) is 2.88. The van der Waals surface area contributed by atoms with E-state index in [1.807, 2.05) is 60.7 Å². The molecule has 1 atom stereocenters. The van der Waals surface area contributed by atoms with Gasteiger partial charge in [0.1, 0.15) is 12.6 Å². The monoisotopic (exact) mass is 506 g/mol. The molecule has 1 aromatic heterocycles. The fourth-order valence-electron chi connectivity index (χ4n) is 4.06. The molecule has 0 bridgehead atoms. The van der Waals surface area contributed by atoms with Crippen molar-refractivity contribution >= 4 is 18.0 Å². The molecule has 0 spiro atoms. The van der Waals surface area contributed by atoms with E-state index < -0.39 is 18.1 Å². The average molecular weight is 507 g/mol. The third-order valence-electron chi connectivity index (χ3n) is 5.86. The van der Waals surface area contributed by atoms with Crippen molar-refractivity contribution in [3.05, 3.63) is 78.2 Å². The standard InChI is InChI=1S/C27H30N4O6/c1-2-36-26(33)23-24(21-11-7-4-8-12-21)31(19-28-23)17-22(25(32)30-13-15-35-16-14-30)29-27(34)37-18-20-9-5-3-6-10-20/h3-12,19,22H,2,13-18H2,1H3,(H,29,34)/t22-/m1/s1. The zero-order valence-electron chi connectivity index (χ0n) is 20.7. The summed E-state index contributed by atoms with van der Waals surface area (Å²) in [5.41, 5.74) is 2.19. The van der Waals surface area contributed by atoms with Crippen molar-refractivity contribution in [3.8, 4) is 11.3 Å². The van der Waals surface area contributed by atoms with Crippen molar-refractivity contribution in [1.29, 1.82) is 0 Å². The van der Waals surface area contributed by atoms with Crippen LogP contribution in [0.15, 0.2) is 67.0 Å².